The van der Waals surface area contributed by atoms with Gasteiger partial charge in [0.2, 0.25) is 5.75 Å². The number of nitro groups is 1. The number of ether oxygens (including phenoxy) is 3. The summed E-state index contributed by atoms with van der Waals surface area (Å²) >= 11 is 0. The summed E-state index contributed by atoms with van der Waals surface area (Å²) in [5, 5.41) is 16.5. The molecule has 0 fully saturated rings. The van der Waals surface area contributed by atoms with Crippen molar-refractivity contribution in [2.75, 3.05) is 13.7 Å². The molecule has 1 aromatic heterocycles. The van der Waals surface area contributed by atoms with Crippen molar-refractivity contribution >= 4 is 28.8 Å². The fourth-order valence-electron chi connectivity index (χ4n) is 3.67. The third-order valence-corrected chi connectivity index (χ3v) is 5.28. The van der Waals surface area contributed by atoms with Gasteiger partial charge in [0.25, 0.3) is 5.56 Å². The number of nitrogens with zero attached hydrogens (tertiary/aromatic N) is 4. The van der Waals surface area contributed by atoms with E-state index >= 15 is 0 Å². The Kier molecular flexibility index (Phi) is 7.76. The molecule has 0 spiro atoms. The molecule has 4 aromatic rings. The number of nitro benzene ring substituents is 1. The van der Waals surface area contributed by atoms with E-state index in [-0.39, 0.29) is 23.2 Å². The minimum Gasteiger partial charge on any atom is -0.493 e. The molecule has 4 rings (SSSR count). The van der Waals surface area contributed by atoms with Crippen LogP contribution in [0, 0.1) is 10.1 Å². The van der Waals surface area contributed by atoms with Gasteiger partial charge in [-0.3, -0.25) is 14.9 Å². The highest BCUT2D eigenvalue weighted by molar-refractivity contribution is 5.84. The lowest BCUT2D eigenvalue weighted by Gasteiger charge is -2.13. The van der Waals surface area contributed by atoms with Crippen molar-refractivity contribution in [3.63, 3.8) is 0 Å². The van der Waals surface area contributed by atoms with Gasteiger partial charge in [-0.2, -0.15) is 9.78 Å². The van der Waals surface area contributed by atoms with Crippen LogP contribution in [-0.2, 0) is 9.53 Å². The van der Waals surface area contributed by atoms with Gasteiger partial charge in [-0.1, -0.05) is 42.5 Å². The minimum atomic E-state index is -0.682. The van der Waals surface area contributed by atoms with Crippen molar-refractivity contribution in [1.29, 1.82) is 0 Å². The Hall–Kier alpha value is -5.06. The van der Waals surface area contributed by atoms with Crippen LogP contribution < -0.4 is 15.0 Å². The first-order chi connectivity index (χ1) is 18.3. The quantitative estimate of drug-likeness (QED) is 0.140. The normalized spacial score (nSPS) is 11.2. The number of carbonyl (C=O) groups is 1. The summed E-state index contributed by atoms with van der Waals surface area (Å²) < 4.78 is 16.8. The van der Waals surface area contributed by atoms with E-state index in [1.165, 1.54) is 25.5 Å². The van der Waals surface area contributed by atoms with Gasteiger partial charge in [0.1, 0.15) is 0 Å². The molecule has 11 heteroatoms. The first kappa shape index (κ1) is 26.0. The van der Waals surface area contributed by atoms with Crippen LogP contribution in [0.5, 0.6) is 11.5 Å². The second-order valence-electron chi connectivity index (χ2n) is 8.34. The van der Waals surface area contributed by atoms with Crippen LogP contribution in [0.15, 0.2) is 76.6 Å². The first-order valence-electron chi connectivity index (χ1n) is 11.6. The number of esters is 1. The number of carbonyl (C=O) groups excluding carboxylic acids is 1. The average molecular weight is 517 g/mol. The summed E-state index contributed by atoms with van der Waals surface area (Å²) in [7, 11) is 1.31. The second-order valence-corrected chi connectivity index (χ2v) is 8.34. The molecule has 0 unspecified atom stereocenters. The van der Waals surface area contributed by atoms with E-state index in [4.69, 9.17) is 14.2 Å². The first-order valence-corrected chi connectivity index (χ1v) is 11.6. The number of hydrogen-bond acceptors (Lipinski definition) is 9. The summed E-state index contributed by atoms with van der Waals surface area (Å²) in [5.74, 6) is -0.607. The number of rotatable bonds is 9. The van der Waals surface area contributed by atoms with Gasteiger partial charge in [-0.25, -0.2) is 9.78 Å². The van der Waals surface area contributed by atoms with Crippen molar-refractivity contribution in [1.82, 2.24) is 9.66 Å². The lowest BCUT2D eigenvalue weighted by molar-refractivity contribution is -0.385. The Labute approximate surface area is 217 Å². The van der Waals surface area contributed by atoms with Gasteiger partial charge >= 0.3 is 11.7 Å². The van der Waals surface area contributed by atoms with Crippen LogP contribution >= 0.6 is 0 Å². The Morgan fingerprint density at radius 3 is 2.53 bits per heavy atom. The molecular weight excluding hydrogens is 492 g/mol. The summed E-state index contributed by atoms with van der Waals surface area (Å²) in [6, 6.07) is 18.6. The molecule has 0 aliphatic carbocycles. The maximum absolute atomic E-state index is 13.3. The lowest BCUT2D eigenvalue weighted by Crippen LogP contribution is -2.20. The SMILES string of the molecule is COc1cc(C=Nn2c(-c3ccccc3)nc3ccccc3c2=O)cc([N+](=O)[O-])c1OCC(=O)OC(C)C. The molecule has 0 radical (unpaired) electrons. The van der Waals surface area contributed by atoms with E-state index in [9.17, 15) is 19.7 Å². The minimum absolute atomic E-state index is 0.00487. The maximum atomic E-state index is 13.3. The highest BCUT2D eigenvalue weighted by Crippen LogP contribution is 2.38. The van der Waals surface area contributed by atoms with Gasteiger partial charge in [0, 0.05) is 17.2 Å². The van der Waals surface area contributed by atoms with Crippen LogP contribution in [0.25, 0.3) is 22.3 Å². The van der Waals surface area contributed by atoms with Gasteiger partial charge in [0.15, 0.2) is 18.2 Å². The zero-order chi connectivity index (χ0) is 27.2. The van der Waals surface area contributed by atoms with Gasteiger partial charge in [-0.05, 0) is 32.0 Å². The molecule has 0 aliphatic rings. The van der Waals surface area contributed by atoms with E-state index in [1.807, 2.05) is 18.2 Å². The monoisotopic (exact) mass is 516 g/mol. The molecule has 3 aromatic carbocycles. The molecular formula is C27H24N4O7. The van der Waals surface area contributed by atoms with Crippen LogP contribution in [0.4, 0.5) is 5.69 Å². The smallest absolute Gasteiger partial charge is 0.344 e. The third-order valence-electron chi connectivity index (χ3n) is 5.28. The molecule has 0 aliphatic heterocycles. The molecule has 1 heterocycles. The number of fused-ring (bicyclic) bond motifs is 1. The van der Waals surface area contributed by atoms with Crippen molar-refractivity contribution in [3.8, 4) is 22.9 Å². The number of para-hydroxylation sites is 1. The van der Waals surface area contributed by atoms with Crippen molar-refractivity contribution in [2.45, 2.75) is 20.0 Å². The summed E-state index contributed by atoms with van der Waals surface area (Å²) in [6.45, 7) is 2.81. The molecule has 0 N–H and O–H groups in total. The highest BCUT2D eigenvalue weighted by atomic mass is 16.6. The lowest BCUT2D eigenvalue weighted by atomic mass is 10.2. The fraction of sp³-hybridized carbons (Fsp3) is 0.185. The number of aromatic nitrogens is 2. The molecule has 11 nitrogen and oxygen atoms in total. The standard InChI is InChI=1S/C27H24N4O7/c1-17(2)38-24(32)16-37-25-22(31(34)35)13-18(14-23(25)36-3)15-28-30-26(19-9-5-4-6-10-19)29-21-12-8-7-11-20(21)27(30)33/h4-15,17H,16H2,1-3H3. The number of benzene rings is 3. The molecule has 0 bridgehead atoms. The zero-order valence-corrected chi connectivity index (χ0v) is 20.9. The Morgan fingerprint density at radius 1 is 1.13 bits per heavy atom. The summed E-state index contributed by atoms with van der Waals surface area (Å²) in [5.41, 5.74) is 0.571. The van der Waals surface area contributed by atoms with Crippen LogP contribution in [0.3, 0.4) is 0 Å². The molecule has 0 amide bonds. The molecule has 194 valence electrons. The largest absolute Gasteiger partial charge is 0.493 e. The fourth-order valence-corrected chi connectivity index (χ4v) is 3.67. The summed E-state index contributed by atoms with van der Waals surface area (Å²) in [4.78, 5) is 41.0. The molecule has 0 saturated heterocycles. The second kappa shape index (κ2) is 11.3. The number of methoxy groups -OCH3 is 1. The molecule has 0 atom stereocenters. The van der Waals surface area contributed by atoms with Crippen molar-refractivity contribution < 1.29 is 23.9 Å². The maximum Gasteiger partial charge on any atom is 0.344 e. The average Bonchev–Trinajstić information content (AvgIpc) is 2.91. The molecule has 38 heavy (non-hydrogen) atoms. The van der Waals surface area contributed by atoms with Crippen LogP contribution in [0.2, 0.25) is 0 Å². The topological polar surface area (TPSA) is 135 Å². The van der Waals surface area contributed by atoms with Gasteiger partial charge in [-0.15, -0.1) is 0 Å². The zero-order valence-electron chi connectivity index (χ0n) is 20.9. The number of hydrogen-bond donors (Lipinski definition) is 0. The van der Waals surface area contributed by atoms with E-state index in [0.29, 0.717) is 22.3 Å². The van der Waals surface area contributed by atoms with Gasteiger partial charge < -0.3 is 14.2 Å². The molecule has 0 saturated carbocycles. The van der Waals surface area contributed by atoms with Crippen LogP contribution in [-0.4, -0.2) is 46.6 Å². The van der Waals surface area contributed by atoms with E-state index in [2.05, 4.69) is 10.1 Å². The Balaban J connectivity index is 1.78. The van der Waals surface area contributed by atoms with Crippen LogP contribution in [0.1, 0.15) is 19.4 Å². The Morgan fingerprint density at radius 2 is 1.84 bits per heavy atom. The predicted molar refractivity (Wildman–Crippen MR) is 141 cm³/mol. The Bertz CT molecular complexity index is 1580. The highest BCUT2D eigenvalue weighted by Gasteiger charge is 2.23. The van der Waals surface area contributed by atoms with Crippen molar-refractivity contribution in [2.24, 2.45) is 5.10 Å². The third kappa shape index (κ3) is 5.67. The van der Waals surface area contributed by atoms with Crippen molar-refractivity contribution in [3.05, 3.63) is 92.8 Å². The summed E-state index contributed by atoms with van der Waals surface area (Å²) in [6.07, 6.45) is 0.923. The van der Waals surface area contributed by atoms with Gasteiger partial charge in [0.05, 0.1) is 35.3 Å². The van der Waals surface area contributed by atoms with E-state index in [0.717, 1.165) is 4.68 Å². The van der Waals surface area contributed by atoms with E-state index in [1.54, 1.807) is 50.2 Å². The predicted octanol–water partition coefficient (Wildman–Crippen LogP) is 4.19. The van der Waals surface area contributed by atoms with E-state index < -0.39 is 28.7 Å².